The number of carbonyl (C=O) groups is 1. The average molecular weight is 373 g/mol. The fourth-order valence-electron chi connectivity index (χ4n) is 4.81. The molecule has 27 heavy (non-hydrogen) atoms. The number of benzene rings is 1. The van der Waals surface area contributed by atoms with E-state index in [4.69, 9.17) is 10.5 Å². The Morgan fingerprint density at radius 3 is 2.52 bits per heavy atom. The molecule has 0 heterocycles. The minimum Gasteiger partial charge on any atom is -0.466 e. The summed E-state index contributed by atoms with van der Waals surface area (Å²) in [5, 5.41) is 0. The average Bonchev–Trinajstić information content (AvgIpc) is 2.51. The van der Waals surface area contributed by atoms with Crippen molar-refractivity contribution in [3.63, 3.8) is 0 Å². The number of anilines is 2. The molecule has 0 aromatic heterocycles. The van der Waals surface area contributed by atoms with Gasteiger partial charge in [-0.1, -0.05) is 33.3 Å². The van der Waals surface area contributed by atoms with Crippen molar-refractivity contribution >= 4 is 17.3 Å². The molecular weight excluding hydrogens is 336 g/mol. The van der Waals surface area contributed by atoms with Crippen LogP contribution in [0.1, 0.15) is 77.7 Å². The van der Waals surface area contributed by atoms with Crippen LogP contribution in [0.15, 0.2) is 18.2 Å². The first-order chi connectivity index (χ1) is 12.8. The Kier molecular flexibility index (Phi) is 6.02. The third-order valence-corrected chi connectivity index (χ3v) is 6.46. The highest BCUT2D eigenvalue weighted by Crippen LogP contribution is 2.57. The van der Waals surface area contributed by atoms with E-state index in [1.165, 1.54) is 32.1 Å². The summed E-state index contributed by atoms with van der Waals surface area (Å²) in [6.45, 7) is 9.92. The van der Waals surface area contributed by atoms with Crippen LogP contribution in [0.4, 0.5) is 11.4 Å². The zero-order valence-corrected chi connectivity index (χ0v) is 17.5. The molecule has 0 aliphatic heterocycles. The minimum atomic E-state index is -0.144. The van der Waals surface area contributed by atoms with Crippen LogP contribution in [0.5, 0.6) is 0 Å². The lowest BCUT2D eigenvalue weighted by atomic mass is 9.53. The molecule has 2 fully saturated rings. The van der Waals surface area contributed by atoms with E-state index in [-0.39, 0.29) is 11.9 Å². The van der Waals surface area contributed by atoms with E-state index >= 15 is 0 Å². The third-order valence-electron chi connectivity index (χ3n) is 6.46. The molecule has 2 aliphatic carbocycles. The Morgan fingerprint density at radius 1 is 1.30 bits per heavy atom. The number of hydrogen-bond donors (Lipinski definition) is 1. The van der Waals surface area contributed by atoms with Crippen LogP contribution in [0.2, 0.25) is 0 Å². The lowest BCUT2D eigenvalue weighted by Crippen LogP contribution is -2.55. The number of nitrogen functional groups attached to an aromatic ring is 1. The molecule has 0 amide bonds. The van der Waals surface area contributed by atoms with Crippen LogP contribution >= 0.6 is 0 Å². The first-order valence-electron chi connectivity index (χ1n) is 10.7. The Bertz CT molecular complexity index is 658. The highest BCUT2D eigenvalue weighted by Gasteiger charge is 2.50. The predicted octanol–water partition coefficient (Wildman–Crippen LogP) is 5.12. The highest BCUT2D eigenvalue weighted by atomic mass is 16.5. The van der Waals surface area contributed by atoms with Gasteiger partial charge in [0, 0.05) is 12.6 Å². The number of esters is 1. The van der Waals surface area contributed by atoms with Gasteiger partial charge in [0.1, 0.15) is 0 Å². The number of nitrogens with zero attached hydrogens (tertiary/aromatic N) is 1. The second kappa shape index (κ2) is 8.12. The van der Waals surface area contributed by atoms with Gasteiger partial charge < -0.3 is 15.4 Å². The van der Waals surface area contributed by atoms with E-state index in [0.717, 1.165) is 23.5 Å². The first-order valence-corrected chi connectivity index (χ1v) is 10.7. The molecule has 0 saturated heterocycles. The van der Waals surface area contributed by atoms with Gasteiger partial charge in [0.15, 0.2) is 0 Å². The monoisotopic (exact) mass is 372 g/mol. The predicted molar refractivity (Wildman–Crippen MR) is 112 cm³/mol. The van der Waals surface area contributed by atoms with Gasteiger partial charge in [-0.3, -0.25) is 4.79 Å². The van der Waals surface area contributed by atoms with E-state index in [2.05, 4.69) is 43.9 Å². The van der Waals surface area contributed by atoms with Crippen LogP contribution in [-0.2, 0) is 9.53 Å². The van der Waals surface area contributed by atoms with Crippen molar-refractivity contribution < 1.29 is 9.53 Å². The summed E-state index contributed by atoms with van der Waals surface area (Å²) in [7, 11) is 0. The van der Waals surface area contributed by atoms with Gasteiger partial charge in [-0.15, -0.1) is 0 Å². The van der Waals surface area contributed by atoms with E-state index in [1.807, 2.05) is 6.92 Å². The standard InChI is InChI=1S/C23H36N2O2/c1-5-27-22(26)11-17(4)18-7-8-21(20(24)12-18)25(15-16(2)3)19-13-23(14-19)9-6-10-23/h7-8,12,16-17,19H,5-6,9-11,13-15,24H2,1-4H3/t17-/m1/s1. The highest BCUT2D eigenvalue weighted by molar-refractivity contribution is 5.72. The Hall–Kier alpha value is -1.71. The molecule has 2 N–H and O–H groups in total. The number of hydrogen-bond acceptors (Lipinski definition) is 4. The van der Waals surface area contributed by atoms with Crippen molar-refractivity contribution in [3.8, 4) is 0 Å². The maximum absolute atomic E-state index is 11.8. The summed E-state index contributed by atoms with van der Waals surface area (Å²) in [6, 6.07) is 6.99. The van der Waals surface area contributed by atoms with Crippen molar-refractivity contribution in [2.24, 2.45) is 11.3 Å². The van der Waals surface area contributed by atoms with E-state index in [9.17, 15) is 4.79 Å². The molecule has 1 spiro atoms. The lowest BCUT2D eigenvalue weighted by Gasteiger charge is -2.58. The van der Waals surface area contributed by atoms with E-state index in [0.29, 0.717) is 30.4 Å². The van der Waals surface area contributed by atoms with Crippen molar-refractivity contribution in [2.75, 3.05) is 23.8 Å². The molecule has 2 aliphatic rings. The number of carbonyl (C=O) groups excluding carboxylic acids is 1. The van der Waals surface area contributed by atoms with Gasteiger partial charge in [-0.05, 0) is 67.6 Å². The van der Waals surface area contributed by atoms with Gasteiger partial charge in [-0.25, -0.2) is 0 Å². The Morgan fingerprint density at radius 2 is 2.00 bits per heavy atom. The van der Waals surface area contributed by atoms with Crippen LogP contribution in [-0.4, -0.2) is 25.2 Å². The molecule has 4 heteroatoms. The molecule has 1 aromatic carbocycles. The van der Waals surface area contributed by atoms with Crippen molar-refractivity contribution in [3.05, 3.63) is 23.8 Å². The summed E-state index contributed by atoms with van der Waals surface area (Å²) in [6.07, 6.45) is 7.28. The topological polar surface area (TPSA) is 55.6 Å². The number of rotatable bonds is 8. The molecule has 4 nitrogen and oxygen atoms in total. The SMILES string of the molecule is CCOC(=O)C[C@@H](C)c1ccc(N(CC(C)C)C2CC3(CCC3)C2)c(N)c1. The maximum Gasteiger partial charge on any atom is 0.306 e. The van der Waals surface area contributed by atoms with Crippen molar-refractivity contribution in [1.29, 1.82) is 0 Å². The molecule has 1 atom stereocenters. The van der Waals surface area contributed by atoms with Crippen molar-refractivity contribution in [1.82, 2.24) is 0 Å². The fourth-order valence-corrected chi connectivity index (χ4v) is 4.81. The van der Waals surface area contributed by atoms with Crippen LogP contribution in [0.3, 0.4) is 0 Å². The van der Waals surface area contributed by atoms with E-state index < -0.39 is 0 Å². The second-order valence-electron chi connectivity index (χ2n) is 9.19. The number of ether oxygens (including phenoxy) is 1. The van der Waals surface area contributed by atoms with Gasteiger partial charge in [0.05, 0.1) is 24.4 Å². The summed E-state index contributed by atoms with van der Waals surface area (Å²) in [5.74, 6) is 0.569. The largest absolute Gasteiger partial charge is 0.466 e. The van der Waals surface area contributed by atoms with Gasteiger partial charge >= 0.3 is 5.97 Å². The molecule has 150 valence electrons. The molecule has 3 rings (SSSR count). The second-order valence-corrected chi connectivity index (χ2v) is 9.19. The van der Waals surface area contributed by atoms with Gasteiger partial charge in [0.2, 0.25) is 0 Å². The molecule has 0 bridgehead atoms. The summed E-state index contributed by atoms with van der Waals surface area (Å²) in [5.41, 5.74) is 10.3. The first kappa shape index (κ1) is 20.0. The van der Waals surface area contributed by atoms with Crippen molar-refractivity contribution in [2.45, 2.75) is 78.2 Å². The molecule has 2 saturated carbocycles. The zero-order valence-electron chi connectivity index (χ0n) is 17.5. The lowest BCUT2D eigenvalue weighted by molar-refractivity contribution is -0.143. The van der Waals surface area contributed by atoms with Gasteiger partial charge in [0.25, 0.3) is 0 Å². The normalized spacial score (nSPS) is 19.4. The van der Waals surface area contributed by atoms with Crippen LogP contribution in [0.25, 0.3) is 0 Å². The maximum atomic E-state index is 11.8. The third kappa shape index (κ3) is 4.41. The Labute approximate surface area is 164 Å². The van der Waals surface area contributed by atoms with E-state index in [1.54, 1.807) is 0 Å². The molecular formula is C23H36N2O2. The summed E-state index contributed by atoms with van der Waals surface area (Å²) in [4.78, 5) is 14.3. The molecule has 0 radical (unpaired) electrons. The number of nitrogens with two attached hydrogens (primary N) is 1. The minimum absolute atomic E-state index is 0.112. The van der Waals surface area contributed by atoms with Crippen LogP contribution < -0.4 is 10.6 Å². The van der Waals surface area contributed by atoms with Gasteiger partial charge in [-0.2, -0.15) is 0 Å². The quantitative estimate of drug-likeness (QED) is 0.508. The molecule has 1 aromatic rings. The molecule has 0 unspecified atom stereocenters. The summed E-state index contributed by atoms with van der Waals surface area (Å²) >= 11 is 0. The smallest absolute Gasteiger partial charge is 0.306 e. The zero-order chi connectivity index (χ0) is 19.6. The fraction of sp³-hybridized carbons (Fsp3) is 0.696. The summed E-state index contributed by atoms with van der Waals surface area (Å²) < 4.78 is 5.08. The Balaban J connectivity index is 1.72. The van der Waals surface area contributed by atoms with Crippen LogP contribution in [0, 0.1) is 11.3 Å².